The summed E-state index contributed by atoms with van der Waals surface area (Å²) < 4.78 is 6.80. The Hall–Kier alpha value is -1.03. The molecular formula is C31H48OSSi. The Morgan fingerprint density at radius 2 is 1.56 bits per heavy atom. The summed E-state index contributed by atoms with van der Waals surface area (Å²) >= 11 is 2.13. The second-order valence-electron chi connectivity index (χ2n) is 11.3. The number of hydrogen-bond donors (Lipinski definition) is 0. The van der Waals surface area contributed by atoms with Gasteiger partial charge in [-0.25, -0.2) is 0 Å². The van der Waals surface area contributed by atoms with Crippen LogP contribution < -0.4 is 0 Å². The van der Waals surface area contributed by atoms with E-state index in [4.69, 9.17) is 4.43 Å². The van der Waals surface area contributed by atoms with Crippen LogP contribution in [0, 0.1) is 5.92 Å². The van der Waals surface area contributed by atoms with Crippen LogP contribution in [0.2, 0.25) is 17.1 Å². The zero-order chi connectivity index (χ0) is 24.7. The number of hydrogen-bond acceptors (Lipinski definition) is 2. The van der Waals surface area contributed by atoms with Crippen molar-refractivity contribution in [3.8, 4) is 0 Å². The third kappa shape index (κ3) is 6.20. The molecule has 0 bridgehead atoms. The molecule has 0 amide bonds. The maximum atomic E-state index is 6.80. The monoisotopic (exact) mass is 496 g/mol. The first-order valence-electron chi connectivity index (χ1n) is 13.6. The van der Waals surface area contributed by atoms with E-state index in [0.717, 1.165) is 13.0 Å². The second kappa shape index (κ2) is 12.3. The number of rotatable bonds is 13. The standard InChI is InChI=1S/C31H48OSSi/c1-7-34(8-2,30(5,6)26(3)4)32-23-20-28-18-16-27(17-19-28)13-12-21-31(22-24-33-25-31)29-14-10-9-11-15-29/h9-11,14-19,26H,7-8,12-13,20-25H2,1-6H3. The van der Waals surface area contributed by atoms with Crippen molar-refractivity contribution in [1.29, 1.82) is 0 Å². The quantitative estimate of drug-likeness (QED) is 0.256. The number of aryl methyl sites for hydroxylation is 1. The van der Waals surface area contributed by atoms with E-state index < -0.39 is 8.32 Å². The molecule has 3 heteroatoms. The van der Waals surface area contributed by atoms with Crippen LogP contribution in [0.5, 0.6) is 0 Å². The lowest BCUT2D eigenvalue weighted by Crippen LogP contribution is -2.50. The van der Waals surface area contributed by atoms with E-state index in [1.807, 2.05) is 0 Å². The van der Waals surface area contributed by atoms with Gasteiger partial charge in [0.15, 0.2) is 8.32 Å². The van der Waals surface area contributed by atoms with E-state index in [2.05, 4.69) is 108 Å². The normalized spacial score (nSPS) is 19.1. The molecule has 0 aromatic heterocycles. The second-order valence-corrected chi connectivity index (χ2v) is 17.4. The average Bonchev–Trinajstić information content (AvgIpc) is 3.33. The zero-order valence-electron chi connectivity index (χ0n) is 22.7. The van der Waals surface area contributed by atoms with Crippen molar-refractivity contribution >= 4 is 20.1 Å². The molecular weight excluding hydrogens is 448 g/mol. The van der Waals surface area contributed by atoms with Gasteiger partial charge in [-0.05, 0) is 77.6 Å². The van der Waals surface area contributed by atoms with Crippen molar-refractivity contribution in [1.82, 2.24) is 0 Å². The Balaban J connectivity index is 1.51. The van der Waals surface area contributed by atoms with E-state index in [9.17, 15) is 0 Å². The van der Waals surface area contributed by atoms with Gasteiger partial charge in [0.1, 0.15) is 0 Å². The van der Waals surface area contributed by atoms with Crippen LogP contribution in [0.4, 0.5) is 0 Å². The summed E-state index contributed by atoms with van der Waals surface area (Å²) in [5.41, 5.74) is 4.83. The molecule has 0 N–H and O–H groups in total. The van der Waals surface area contributed by atoms with Gasteiger partial charge in [-0.15, -0.1) is 0 Å². The highest BCUT2D eigenvalue weighted by atomic mass is 32.2. The van der Waals surface area contributed by atoms with Gasteiger partial charge in [-0.2, -0.15) is 11.8 Å². The van der Waals surface area contributed by atoms with Gasteiger partial charge in [-0.3, -0.25) is 0 Å². The first-order chi connectivity index (χ1) is 16.3. The van der Waals surface area contributed by atoms with Gasteiger partial charge < -0.3 is 4.43 Å². The Morgan fingerprint density at radius 1 is 0.941 bits per heavy atom. The van der Waals surface area contributed by atoms with Crippen molar-refractivity contribution in [2.75, 3.05) is 18.1 Å². The Labute approximate surface area is 215 Å². The van der Waals surface area contributed by atoms with Gasteiger partial charge in [0.05, 0.1) is 0 Å². The van der Waals surface area contributed by atoms with Crippen molar-refractivity contribution in [2.24, 2.45) is 5.92 Å². The number of thioether (sulfide) groups is 1. The van der Waals surface area contributed by atoms with Crippen LogP contribution in [0.1, 0.15) is 77.5 Å². The van der Waals surface area contributed by atoms with Gasteiger partial charge in [-0.1, -0.05) is 96.1 Å². The fourth-order valence-corrected chi connectivity index (χ4v) is 12.1. The highest BCUT2D eigenvalue weighted by Crippen LogP contribution is 2.48. The van der Waals surface area contributed by atoms with Crippen LogP contribution in [0.25, 0.3) is 0 Å². The minimum absolute atomic E-state index is 0.301. The van der Waals surface area contributed by atoms with Crippen LogP contribution >= 0.6 is 11.8 Å². The van der Waals surface area contributed by atoms with Crippen LogP contribution in [-0.2, 0) is 22.7 Å². The highest BCUT2D eigenvalue weighted by molar-refractivity contribution is 7.99. The van der Waals surface area contributed by atoms with Crippen LogP contribution in [0.3, 0.4) is 0 Å². The summed E-state index contributed by atoms with van der Waals surface area (Å²) in [6.07, 6.45) is 6.10. The van der Waals surface area contributed by atoms with Crippen molar-refractivity contribution < 1.29 is 4.43 Å². The summed E-state index contributed by atoms with van der Waals surface area (Å²) in [4.78, 5) is 0. The Morgan fingerprint density at radius 3 is 2.09 bits per heavy atom. The molecule has 34 heavy (non-hydrogen) atoms. The van der Waals surface area contributed by atoms with E-state index in [0.29, 0.717) is 16.4 Å². The molecule has 1 fully saturated rings. The molecule has 0 aliphatic carbocycles. The predicted octanol–water partition coefficient (Wildman–Crippen LogP) is 9.06. The van der Waals surface area contributed by atoms with Gasteiger partial charge >= 0.3 is 0 Å². The molecule has 1 unspecified atom stereocenters. The van der Waals surface area contributed by atoms with E-state index >= 15 is 0 Å². The highest BCUT2D eigenvalue weighted by Gasteiger charge is 2.48. The first kappa shape index (κ1) is 27.6. The smallest absolute Gasteiger partial charge is 0.198 e. The Bertz CT molecular complexity index is 849. The van der Waals surface area contributed by atoms with Crippen molar-refractivity contribution in [3.63, 3.8) is 0 Å². The molecule has 1 aliphatic rings. The van der Waals surface area contributed by atoms with Crippen LogP contribution in [-0.4, -0.2) is 26.4 Å². The minimum Gasteiger partial charge on any atom is -0.416 e. The predicted molar refractivity (Wildman–Crippen MR) is 155 cm³/mol. The summed E-state index contributed by atoms with van der Waals surface area (Å²) in [6.45, 7) is 15.2. The van der Waals surface area contributed by atoms with Crippen molar-refractivity contribution in [2.45, 2.75) is 96.2 Å². The molecule has 0 spiro atoms. The summed E-state index contributed by atoms with van der Waals surface area (Å²) in [5.74, 6) is 3.24. The molecule has 1 nitrogen and oxygen atoms in total. The molecule has 1 aliphatic heterocycles. The summed E-state index contributed by atoms with van der Waals surface area (Å²) in [7, 11) is -1.77. The molecule has 1 saturated heterocycles. The van der Waals surface area contributed by atoms with Gasteiger partial charge in [0.2, 0.25) is 0 Å². The zero-order valence-corrected chi connectivity index (χ0v) is 24.5. The maximum absolute atomic E-state index is 6.80. The van der Waals surface area contributed by atoms with Gasteiger partial charge in [0.25, 0.3) is 0 Å². The lowest BCUT2D eigenvalue weighted by molar-refractivity contribution is 0.260. The molecule has 0 radical (unpaired) electrons. The van der Waals surface area contributed by atoms with Crippen molar-refractivity contribution in [3.05, 3.63) is 71.3 Å². The molecule has 2 aromatic carbocycles. The fraction of sp³-hybridized carbons (Fsp3) is 0.613. The Kier molecular flexibility index (Phi) is 9.95. The van der Waals surface area contributed by atoms with Crippen LogP contribution in [0.15, 0.2) is 54.6 Å². The van der Waals surface area contributed by atoms with E-state index in [1.165, 1.54) is 60.4 Å². The molecule has 2 aromatic rings. The first-order valence-corrected chi connectivity index (χ1v) is 17.1. The minimum atomic E-state index is -1.77. The summed E-state index contributed by atoms with van der Waals surface area (Å²) in [6, 6.07) is 23.1. The number of benzene rings is 2. The largest absolute Gasteiger partial charge is 0.416 e. The summed E-state index contributed by atoms with van der Waals surface area (Å²) in [5, 5.41) is 0.301. The lowest BCUT2D eigenvalue weighted by Gasteiger charge is -2.46. The molecule has 1 heterocycles. The molecule has 188 valence electrons. The molecule has 1 atom stereocenters. The molecule has 3 rings (SSSR count). The van der Waals surface area contributed by atoms with E-state index in [1.54, 1.807) is 5.56 Å². The topological polar surface area (TPSA) is 9.23 Å². The maximum Gasteiger partial charge on any atom is 0.198 e. The third-order valence-electron chi connectivity index (χ3n) is 9.16. The average molecular weight is 497 g/mol. The van der Waals surface area contributed by atoms with E-state index in [-0.39, 0.29) is 0 Å². The SMILES string of the molecule is CC[Si](CC)(OCCc1ccc(CCCC2(c3ccccc3)CCSC2)cc1)C(C)(C)C(C)C. The molecule has 0 saturated carbocycles. The third-order valence-corrected chi connectivity index (χ3v) is 16.4. The fourth-order valence-electron chi connectivity index (χ4n) is 5.91. The lowest BCUT2D eigenvalue weighted by atomic mass is 9.76. The van der Waals surface area contributed by atoms with Gasteiger partial charge in [0, 0.05) is 17.8 Å².